The van der Waals surface area contributed by atoms with Gasteiger partial charge in [0.05, 0.1) is 6.10 Å². The summed E-state index contributed by atoms with van der Waals surface area (Å²) in [4.78, 5) is 25.6. The monoisotopic (exact) mass is 336 g/mol. The number of carbonyl (C=O) groups excluding carboxylic acids is 1. The van der Waals surface area contributed by atoms with Crippen LogP contribution in [0.1, 0.15) is 23.9 Å². The molecule has 0 aliphatic rings. The first-order valence-electron chi connectivity index (χ1n) is 7.26. The molecule has 0 saturated heterocycles. The number of aliphatic hydroxyl groups is 1. The number of carbonyl (C=O) groups is 1. The van der Waals surface area contributed by atoms with Gasteiger partial charge in [-0.1, -0.05) is 18.2 Å². The molecular formula is C15H17FN4O4. The number of nitro groups is 1. The van der Waals surface area contributed by atoms with Crippen molar-refractivity contribution >= 4 is 11.7 Å². The lowest BCUT2D eigenvalue weighted by molar-refractivity contribution is -0.389. The van der Waals surface area contributed by atoms with Crippen LogP contribution < -0.4 is 5.32 Å². The van der Waals surface area contributed by atoms with Gasteiger partial charge in [-0.05, 0) is 16.0 Å². The Balaban J connectivity index is 1.83. The van der Waals surface area contributed by atoms with Crippen LogP contribution in [0.25, 0.3) is 0 Å². The van der Waals surface area contributed by atoms with Crippen LogP contribution in [0.4, 0.5) is 10.2 Å². The molecule has 1 amide bonds. The van der Waals surface area contributed by atoms with E-state index < -0.39 is 16.8 Å². The number of nitrogens with zero attached hydrogens (tertiary/aromatic N) is 3. The van der Waals surface area contributed by atoms with E-state index in [2.05, 4.69) is 10.3 Å². The summed E-state index contributed by atoms with van der Waals surface area (Å²) < 4.78 is 15.0. The molecule has 1 unspecified atom stereocenters. The summed E-state index contributed by atoms with van der Waals surface area (Å²) in [5.41, 5.74) is 0.110. The number of aryl methyl sites for hydroxylation is 2. The Bertz CT molecular complexity index is 747. The number of halogens is 1. The smallest absolute Gasteiger partial charge is 0.381 e. The van der Waals surface area contributed by atoms with Crippen LogP contribution in [-0.2, 0) is 11.3 Å². The van der Waals surface area contributed by atoms with Gasteiger partial charge in [0.15, 0.2) is 0 Å². The SMILES string of the molecule is Cc1nc([N+](=O)[O-])cn1CCC(=O)NCC(O)c1ccccc1F. The summed E-state index contributed by atoms with van der Waals surface area (Å²) in [6.45, 7) is 1.70. The minimum atomic E-state index is -1.15. The Labute approximate surface area is 137 Å². The maximum absolute atomic E-state index is 13.5. The Morgan fingerprint density at radius 3 is 2.83 bits per heavy atom. The standard InChI is InChI=1S/C15H17FN4O4/c1-10-18-14(20(23)24)9-19(10)7-6-15(22)17-8-13(21)11-4-2-3-5-12(11)16/h2-5,9,13,21H,6-8H2,1H3,(H,17,22). The molecule has 0 spiro atoms. The van der Waals surface area contributed by atoms with E-state index in [1.165, 1.54) is 29.0 Å². The van der Waals surface area contributed by atoms with Crippen LogP contribution in [0, 0.1) is 22.9 Å². The summed E-state index contributed by atoms with van der Waals surface area (Å²) in [6.07, 6.45) is 0.168. The molecule has 2 aromatic rings. The number of rotatable bonds is 7. The van der Waals surface area contributed by atoms with Crippen molar-refractivity contribution in [3.63, 3.8) is 0 Å². The highest BCUT2D eigenvalue weighted by Gasteiger charge is 2.16. The van der Waals surface area contributed by atoms with Gasteiger partial charge in [-0.3, -0.25) is 4.79 Å². The Morgan fingerprint density at radius 2 is 2.21 bits per heavy atom. The molecule has 0 aliphatic carbocycles. The van der Waals surface area contributed by atoms with Crippen LogP contribution in [-0.4, -0.2) is 32.0 Å². The third kappa shape index (κ3) is 4.35. The highest BCUT2D eigenvalue weighted by atomic mass is 19.1. The Kier molecular flexibility index (Phi) is 5.59. The van der Waals surface area contributed by atoms with Crippen LogP contribution in [0.15, 0.2) is 30.5 Å². The van der Waals surface area contributed by atoms with Gasteiger partial charge in [0.1, 0.15) is 12.0 Å². The second kappa shape index (κ2) is 7.64. The van der Waals surface area contributed by atoms with Gasteiger partial charge in [0.2, 0.25) is 11.7 Å². The summed E-state index contributed by atoms with van der Waals surface area (Å²) in [6, 6.07) is 5.78. The van der Waals surface area contributed by atoms with Gasteiger partial charge >= 0.3 is 5.82 Å². The summed E-state index contributed by atoms with van der Waals surface area (Å²) in [7, 11) is 0. The summed E-state index contributed by atoms with van der Waals surface area (Å²) >= 11 is 0. The maximum atomic E-state index is 13.5. The first kappa shape index (κ1) is 17.5. The number of aromatic nitrogens is 2. The van der Waals surface area contributed by atoms with Crippen molar-refractivity contribution in [1.29, 1.82) is 0 Å². The van der Waals surface area contributed by atoms with Gasteiger partial charge in [-0.15, -0.1) is 0 Å². The number of benzene rings is 1. The molecule has 128 valence electrons. The second-order valence-electron chi connectivity index (χ2n) is 5.19. The van der Waals surface area contributed by atoms with E-state index in [0.29, 0.717) is 5.82 Å². The molecule has 1 atom stereocenters. The number of aliphatic hydroxyl groups excluding tert-OH is 1. The first-order chi connectivity index (χ1) is 11.4. The van der Waals surface area contributed by atoms with Crippen molar-refractivity contribution in [2.75, 3.05) is 6.54 Å². The molecule has 0 fully saturated rings. The Hall–Kier alpha value is -2.81. The van der Waals surface area contributed by atoms with Crippen LogP contribution in [0.5, 0.6) is 0 Å². The quantitative estimate of drug-likeness (QED) is 0.588. The average Bonchev–Trinajstić information content (AvgIpc) is 2.92. The molecule has 8 nitrogen and oxygen atoms in total. The molecule has 0 saturated carbocycles. The lowest BCUT2D eigenvalue weighted by Crippen LogP contribution is -2.29. The van der Waals surface area contributed by atoms with Crippen molar-refractivity contribution in [1.82, 2.24) is 14.9 Å². The number of hydrogen-bond donors (Lipinski definition) is 2. The summed E-state index contributed by atoms with van der Waals surface area (Å²) in [5, 5.41) is 23.0. The fourth-order valence-electron chi connectivity index (χ4n) is 2.18. The molecule has 1 aromatic heterocycles. The normalized spacial score (nSPS) is 12.0. The van der Waals surface area contributed by atoms with Gasteiger partial charge in [-0.2, -0.15) is 0 Å². The van der Waals surface area contributed by atoms with E-state index in [4.69, 9.17) is 0 Å². The zero-order valence-corrected chi connectivity index (χ0v) is 13.0. The molecule has 9 heteroatoms. The number of hydrogen-bond acceptors (Lipinski definition) is 5. The molecule has 0 bridgehead atoms. The fraction of sp³-hybridized carbons (Fsp3) is 0.333. The number of amides is 1. The van der Waals surface area contributed by atoms with Crippen molar-refractivity contribution in [2.24, 2.45) is 0 Å². The largest absolute Gasteiger partial charge is 0.386 e. The minimum absolute atomic E-state index is 0.0539. The lowest BCUT2D eigenvalue weighted by atomic mass is 10.1. The fourth-order valence-corrected chi connectivity index (χ4v) is 2.18. The van der Waals surface area contributed by atoms with Gasteiger partial charge in [0.25, 0.3) is 0 Å². The molecule has 0 radical (unpaired) electrons. The highest BCUT2D eigenvalue weighted by molar-refractivity contribution is 5.75. The van der Waals surface area contributed by atoms with Crippen molar-refractivity contribution in [2.45, 2.75) is 26.0 Å². The van der Waals surface area contributed by atoms with Crippen molar-refractivity contribution in [3.8, 4) is 0 Å². The minimum Gasteiger partial charge on any atom is -0.386 e. The zero-order chi connectivity index (χ0) is 17.7. The maximum Gasteiger partial charge on any atom is 0.381 e. The van der Waals surface area contributed by atoms with Gasteiger partial charge in [0, 0.05) is 32.0 Å². The van der Waals surface area contributed by atoms with Crippen LogP contribution in [0.2, 0.25) is 0 Å². The first-order valence-corrected chi connectivity index (χ1v) is 7.26. The number of nitrogens with one attached hydrogen (secondary N) is 1. The van der Waals surface area contributed by atoms with Crippen LogP contribution in [0.3, 0.4) is 0 Å². The van der Waals surface area contributed by atoms with Crippen LogP contribution >= 0.6 is 0 Å². The average molecular weight is 336 g/mol. The predicted octanol–water partition coefficient (Wildman–Crippen LogP) is 1.48. The molecule has 1 aromatic carbocycles. The van der Waals surface area contributed by atoms with E-state index in [0.717, 1.165) is 0 Å². The van der Waals surface area contributed by atoms with Crippen molar-refractivity contribution in [3.05, 3.63) is 57.8 Å². The topological polar surface area (TPSA) is 110 Å². The third-order valence-electron chi connectivity index (χ3n) is 3.49. The lowest BCUT2D eigenvalue weighted by Gasteiger charge is -2.13. The van der Waals surface area contributed by atoms with E-state index in [1.807, 2.05) is 0 Å². The van der Waals surface area contributed by atoms with Gasteiger partial charge < -0.3 is 25.1 Å². The van der Waals surface area contributed by atoms with Crippen molar-refractivity contribution < 1.29 is 19.2 Å². The summed E-state index contributed by atoms with van der Waals surface area (Å²) in [5.74, 6) is -0.745. The highest BCUT2D eigenvalue weighted by Crippen LogP contribution is 2.15. The molecule has 1 heterocycles. The molecule has 24 heavy (non-hydrogen) atoms. The zero-order valence-electron chi connectivity index (χ0n) is 13.0. The molecule has 2 rings (SSSR count). The predicted molar refractivity (Wildman–Crippen MR) is 82.6 cm³/mol. The van der Waals surface area contributed by atoms with E-state index in [1.54, 1.807) is 13.0 Å². The molecular weight excluding hydrogens is 319 g/mol. The van der Waals surface area contributed by atoms with E-state index >= 15 is 0 Å². The van der Waals surface area contributed by atoms with E-state index in [9.17, 15) is 24.4 Å². The Morgan fingerprint density at radius 1 is 1.50 bits per heavy atom. The third-order valence-corrected chi connectivity index (χ3v) is 3.49. The molecule has 0 aliphatic heterocycles. The van der Waals surface area contributed by atoms with Gasteiger partial charge in [-0.25, -0.2) is 4.39 Å². The van der Waals surface area contributed by atoms with E-state index in [-0.39, 0.29) is 36.8 Å². The number of imidazole rings is 1. The molecule has 2 N–H and O–H groups in total. The second-order valence-corrected chi connectivity index (χ2v) is 5.19.